The van der Waals surface area contributed by atoms with Crippen molar-refractivity contribution in [3.8, 4) is 0 Å². The lowest BCUT2D eigenvalue weighted by Crippen LogP contribution is -1.96. The number of hydrogen-bond acceptors (Lipinski definition) is 1. The van der Waals surface area contributed by atoms with Gasteiger partial charge in [-0.2, -0.15) is 0 Å². The van der Waals surface area contributed by atoms with Crippen molar-refractivity contribution in [2.75, 3.05) is 0 Å². The monoisotopic (exact) mass is 300 g/mol. The normalized spacial score (nSPS) is 12.8. The van der Waals surface area contributed by atoms with E-state index in [1.807, 2.05) is 0 Å². The second-order valence-electron chi connectivity index (χ2n) is 6.66. The molecule has 1 unspecified atom stereocenters. The first-order valence-corrected chi connectivity index (χ1v) is 9.26. The van der Waals surface area contributed by atoms with Crippen LogP contribution >= 0.6 is 0 Å². The molecule has 2 heteroatoms. The summed E-state index contributed by atoms with van der Waals surface area (Å²) in [6.07, 6.45) is 13.8. The summed E-state index contributed by atoms with van der Waals surface area (Å²) >= 11 is 0. The van der Waals surface area contributed by atoms with E-state index < -0.39 is 0 Å². The van der Waals surface area contributed by atoms with E-state index in [-0.39, 0.29) is 0 Å². The predicted octanol–water partition coefficient (Wildman–Crippen LogP) is 6.59. The first-order valence-electron chi connectivity index (χ1n) is 9.26. The van der Waals surface area contributed by atoms with Crippen LogP contribution in [0.3, 0.4) is 0 Å². The van der Waals surface area contributed by atoms with Gasteiger partial charge in [0.05, 0.1) is 11.0 Å². The quantitative estimate of drug-likeness (QED) is 0.466. The Bertz CT molecular complexity index is 496. The van der Waals surface area contributed by atoms with Gasteiger partial charge in [0.2, 0.25) is 0 Å². The van der Waals surface area contributed by atoms with Crippen LogP contribution in [-0.2, 0) is 0 Å². The number of fused-ring (bicyclic) bond motifs is 1. The molecule has 0 aliphatic rings. The van der Waals surface area contributed by atoms with Crippen LogP contribution in [0.15, 0.2) is 24.3 Å². The molecule has 0 bridgehead atoms. The van der Waals surface area contributed by atoms with Crippen molar-refractivity contribution in [1.82, 2.24) is 9.97 Å². The van der Waals surface area contributed by atoms with Crippen LogP contribution in [0.2, 0.25) is 0 Å². The highest BCUT2D eigenvalue weighted by Gasteiger charge is 2.10. The molecule has 0 radical (unpaired) electrons. The van der Waals surface area contributed by atoms with Crippen molar-refractivity contribution in [1.29, 1.82) is 0 Å². The summed E-state index contributed by atoms with van der Waals surface area (Å²) in [4.78, 5) is 8.18. The minimum absolute atomic E-state index is 0.539. The van der Waals surface area contributed by atoms with Crippen LogP contribution in [0, 0.1) is 0 Å². The van der Waals surface area contributed by atoms with Crippen molar-refractivity contribution < 1.29 is 0 Å². The average Bonchev–Trinajstić information content (AvgIpc) is 2.97. The summed E-state index contributed by atoms with van der Waals surface area (Å²) in [6.45, 7) is 4.58. The smallest absolute Gasteiger partial charge is 0.110 e. The van der Waals surface area contributed by atoms with E-state index in [9.17, 15) is 0 Å². The number of unbranched alkanes of at least 4 members (excludes halogenated alkanes) is 8. The SMILES string of the molecule is CCCCCCCCCCCC(C)c1nc2ccccc2[nH]1. The highest BCUT2D eigenvalue weighted by atomic mass is 14.9. The minimum atomic E-state index is 0.539. The minimum Gasteiger partial charge on any atom is -0.342 e. The Hall–Kier alpha value is -1.31. The third-order valence-corrected chi connectivity index (χ3v) is 4.62. The van der Waals surface area contributed by atoms with Crippen LogP contribution in [-0.4, -0.2) is 9.97 Å². The maximum Gasteiger partial charge on any atom is 0.110 e. The Morgan fingerprint density at radius 2 is 1.55 bits per heavy atom. The number of nitrogens with zero attached hydrogens (tertiary/aromatic N) is 1. The van der Waals surface area contributed by atoms with Crippen molar-refractivity contribution in [3.63, 3.8) is 0 Å². The molecule has 1 aromatic heterocycles. The molecular formula is C20H32N2. The van der Waals surface area contributed by atoms with Crippen molar-refractivity contribution in [2.45, 2.75) is 84.0 Å². The van der Waals surface area contributed by atoms with Gasteiger partial charge in [0.15, 0.2) is 0 Å². The highest BCUT2D eigenvalue weighted by molar-refractivity contribution is 5.74. The zero-order valence-corrected chi connectivity index (χ0v) is 14.4. The van der Waals surface area contributed by atoms with Gasteiger partial charge in [-0.25, -0.2) is 4.98 Å². The van der Waals surface area contributed by atoms with E-state index in [2.05, 4.69) is 43.1 Å². The maximum absolute atomic E-state index is 4.71. The third kappa shape index (κ3) is 5.47. The molecule has 1 aromatic carbocycles. The fourth-order valence-electron chi connectivity index (χ4n) is 3.10. The first-order chi connectivity index (χ1) is 10.8. The zero-order chi connectivity index (χ0) is 15.6. The van der Waals surface area contributed by atoms with E-state index in [1.165, 1.54) is 64.2 Å². The summed E-state index contributed by atoms with van der Waals surface area (Å²) in [6, 6.07) is 8.31. The number of aromatic amines is 1. The highest BCUT2D eigenvalue weighted by Crippen LogP contribution is 2.22. The van der Waals surface area contributed by atoms with Gasteiger partial charge in [-0.05, 0) is 18.6 Å². The summed E-state index contributed by atoms with van der Waals surface area (Å²) < 4.78 is 0. The molecule has 0 saturated heterocycles. The molecule has 0 spiro atoms. The predicted molar refractivity (Wildman–Crippen MR) is 96.4 cm³/mol. The van der Waals surface area contributed by atoms with Gasteiger partial charge >= 0.3 is 0 Å². The van der Waals surface area contributed by atoms with Crippen LogP contribution in [0.25, 0.3) is 11.0 Å². The first kappa shape index (κ1) is 17.1. The van der Waals surface area contributed by atoms with Gasteiger partial charge in [0.1, 0.15) is 5.82 Å². The molecule has 0 aliphatic heterocycles. The molecule has 1 N–H and O–H groups in total. The molecule has 0 amide bonds. The Morgan fingerprint density at radius 3 is 2.23 bits per heavy atom. The number of nitrogens with one attached hydrogen (secondary N) is 1. The Labute approximate surface area is 135 Å². The van der Waals surface area contributed by atoms with Gasteiger partial charge < -0.3 is 4.98 Å². The Balaban J connectivity index is 1.58. The molecule has 0 saturated carbocycles. The fraction of sp³-hybridized carbons (Fsp3) is 0.650. The largest absolute Gasteiger partial charge is 0.342 e. The molecule has 0 fully saturated rings. The van der Waals surface area contributed by atoms with Gasteiger partial charge in [-0.1, -0.05) is 83.8 Å². The van der Waals surface area contributed by atoms with E-state index in [4.69, 9.17) is 4.98 Å². The molecule has 22 heavy (non-hydrogen) atoms. The Morgan fingerprint density at radius 1 is 0.909 bits per heavy atom. The standard InChI is InChI=1S/C20H32N2/c1-3-4-5-6-7-8-9-10-11-14-17(2)20-21-18-15-12-13-16-19(18)22-20/h12-13,15-17H,3-11,14H2,1-2H3,(H,21,22). The summed E-state index contributed by atoms with van der Waals surface area (Å²) in [5, 5.41) is 0. The fourth-order valence-corrected chi connectivity index (χ4v) is 3.10. The molecule has 2 aromatic rings. The second kappa shape index (κ2) is 9.66. The lowest BCUT2D eigenvalue weighted by atomic mass is 10.0. The maximum atomic E-state index is 4.71. The topological polar surface area (TPSA) is 28.7 Å². The van der Waals surface area contributed by atoms with Gasteiger partial charge in [0, 0.05) is 5.92 Å². The van der Waals surface area contributed by atoms with Crippen molar-refractivity contribution in [3.05, 3.63) is 30.1 Å². The van der Waals surface area contributed by atoms with Crippen LogP contribution < -0.4 is 0 Å². The third-order valence-electron chi connectivity index (χ3n) is 4.62. The number of H-pyrrole nitrogens is 1. The number of hydrogen-bond donors (Lipinski definition) is 1. The van der Waals surface area contributed by atoms with E-state index in [0.29, 0.717) is 5.92 Å². The second-order valence-corrected chi connectivity index (χ2v) is 6.66. The Kier molecular flexibility index (Phi) is 7.48. The number of benzene rings is 1. The summed E-state index contributed by atoms with van der Waals surface area (Å²) in [5.41, 5.74) is 2.26. The molecule has 2 rings (SSSR count). The lowest BCUT2D eigenvalue weighted by Gasteiger charge is -2.08. The molecule has 1 heterocycles. The number of para-hydroxylation sites is 2. The van der Waals surface area contributed by atoms with Crippen LogP contribution in [0.4, 0.5) is 0 Å². The van der Waals surface area contributed by atoms with Crippen molar-refractivity contribution >= 4 is 11.0 Å². The summed E-state index contributed by atoms with van der Waals surface area (Å²) in [5.74, 6) is 1.69. The van der Waals surface area contributed by atoms with Crippen LogP contribution in [0.1, 0.15) is 89.8 Å². The zero-order valence-electron chi connectivity index (χ0n) is 14.4. The van der Waals surface area contributed by atoms with Crippen molar-refractivity contribution in [2.24, 2.45) is 0 Å². The van der Waals surface area contributed by atoms with E-state index >= 15 is 0 Å². The molecular weight excluding hydrogens is 268 g/mol. The number of imidazole rings is 1. The molecule has 2 nitrogen and oxygen atoms in total. The van der Waals surface area contributed by atoms with Crippen LogP contribution in [0.5, 0.6) is 0 Å². The van der Waals surface area contributed by atoms with Gasteiger partial charge in [-0.15, -0.1) is 0 Å². The van der Waals surface area contributed by atoms with E-state index in [0.717, 1.165) is 16.9 Å². The van der Waals surface area contributed by atoms with Gasteiger partial charge in [0.25, 0.3) is 0 Å². The number of aromatic nitrogens is 2. The van der Waals surface area contributed by atoms with Gasteiger partial charge in [-0.3, -0.25) is 0 Å². The molecule has 122 valence electrons. The number of rotatable bonds is 11. The molecule has 0 aliphatic carbocycles. The molecule has 1 atom stereocenters. The van der Waals surface area contributed by atoms with E-state index in [1.54, 1.807) is 0 Å². The lowest BCUT2D eigenvalue weighted by molar-refractivity contribution is 0.532. The summed E-state index contributed by atoms with van der Waals surface area (Å²) in [7, 11) is 0. The average molecular weight is 300 g/mol.